The average molecular weight is 489 g/mol. The normalized spacial score (nSPS) is 18.7. The van der Waals surface area contributed by atoms with Gasteiger partial charge in [-0.05, 0) is 17.5 Å². The van der Waals surface area contributed by atoms with E-state index in [2.05, 4.69) is 10.0 Å². The third kappa shape index (κ3) is 5.87. The van der Waals surface area contributed by atoms with E-state index in [1.165, 1.54) is 34.4 Å². The van der Waals surface area contributed by atoms with Crippen LogP contribution < -0.4 is 0 Å². The molecular weight excluding hydrogens is 459 g/mol. The van der Waals surface area contributed by atoms with Crippen LogP contribution in [0.5, 0.6) is 0 Å². The van der Waals surface area contributed by atoms with E-state index in [1.54, 1.807) is 18.2 Å². The second kappa shape index (κ2) is 11.7. The molecule has 0 radical (unpaired) electrons. The largest absolute Gasteiger partial charge is 0.379 e. The van der Waals surface area contributed by atoms with E-state index in [1.807, 2.05) is 17.5 Å². The van der Waals surface area contributed by atoms with Crippen molar-refractivity contribution in [2.75, 3.05) is 59.7 Å². The van der Waals surface area contributed by atoms with Crippen LogP contribution in [0.15, 0.2) is 46.9 Å². The predicted molar refractivity (Wildman–Crippen MR) is 127 cm³/mol. The first-order valence-corrected chi connectivity index (χ1v) is 12.2. The Hall–Kier alpha value is -2.66. The highest BCUT2D eigenvalue weighted by atomic mass is 32.1. The number of amides is 2. The first kappa shape index (κ1) is 24.5. The number of hydrogen-bond donors (Lipinski definition) is 0. The quantitative estimate of drug-likeness (QED) is 0.542. The molecule has 1 saturated heterocycles. The van der Waals surface area contributed by atoms with Gasteiger partial charge in [-0.3, -0.25) is 14.5 Å². The van der Waals surface area contributed by atoms with Gasteiger partial charge in [0.15, 0.2) is 0 Å². The molecule has 1 aromatic carbocycles. The van der Waals surface area contributed by atoms with Gasteiger partial charge in [-0.15, -0.1) is 11.3 Å². The molecule has 3 heterocycles. The topological polar surface area (TPSA) is 74.7 Å². The molecule has 10 heteroatoms. The molecule has 34 heavy (non-hydrogen) atoms. The summed E-state index contributed by atoms with van der Waals surface area (Å²) in [4.78, 5) is 30.8. The Bertz CT molecular complexity index is 1010. The van der Waals surface area contributed by atoms with Crippen molar-refractivity contribution in [1.82, 2.24) is 14.8 Å². The molecular formula is C24H29FN4O4S. The Morgan fingerprint density at radius 3 is 2.74 bits per heavy atom. The standard InChI is InChI=1S/C24H29FN4O4S/c1-32-17-24(31)28(9-8-27-10-12-33-13-11-27)16-23(30)29-21(22-7-4-14-34-22)15-20(26-29)18-5-2-3-6-19(18)25/h2-7,14,21H,8-13,15-17H2,1H3. The first-order chi connectivity index (χ1) is 16.6. The van der Waals surface area contributed by atoms with Crippen molar-refractivity contribution in [1.29, 1.82) is 0 Å². The molecule has 1 atom stereocenters. The first-order valence-electron chi connectivity index (χ1n) is 11.3. The Morgan fingerprint density at radius 2 is 2.03 bits per heavy atom. The lowest BCUT2D eigenvalue weighted by atomic mass is 10.0. The third-order valence-corrected chi connectivity index (χ3v) is 6.93. The van der Waals surface area contributed by atoms with Gasteiger partial charge < -0.3 is 14.4 Å². The van der Waals surface area contributed by atoms with Crippen LogP contribution in [0.25, 0.3) is 0 Å². The van der Waals surface area contributed by atoms with E-state index in [-0.39, 0.29) is 36.8 Å². The fraction of sp³-hybridized carbons (Fsp3) is 0.458. The molecule has 2 aliphatic heterocycles. The zero-order valence-electron chi connectivity index (χ0n) is 19.2. The summed E-state index contributed by atoms with van der Waals surface area (Å²) in [6, 6.07) is 9.97. The Labute approximate surface area is 202 Å². The summed E-state index contributed by atoms with van der Waals surface area (Å²) < 4.78 is 24.9. The Kier molecular flexibility index (Phi) is 8.39. The number of nitrogens with zero attached hydrogens (tertiary/aromatic N) is 4. The maximum atomic E-state index is 14.5. The van der Waals surface area contributed by atoms with Crippen LogP contribution in [-0.4, -0.2) is 92.0 Å². The summed E-state index contributed by atoms with van der Waals surface area (Å²) in [7, 11) is 1.46. The lowest BCUT2D eigenvalue weighted by Crippen LogP contribution is -2.47. The third-order valence-electron chi connectivity index (χ3n) is 5.96. The summed E-state index contributed by atoms with van der Waals surface area (Å²) in [5.74, 6) is -0.937. The second-order valence-electron chi connectivity index (χ2n) is 8.20. The number of carbonyl (C=O) groups excluding carboxylic acids is 2. The van der Waals surface area contributed by atoms with Crippen molar-refractivity contribution in [2.24, 2.45) is 5.10 Å². The Morgan fingerprint density at radius 1 is 1.24 bits per heavy atom. The smallest absolute Gasteiger partial charge is 0.262 e. The molecule has 0 N–H and O–H groups in total. The van der Waals surface area contributed by atoms with Gasteiger partial charge in [0, 0.05) is 50.2 Å². The second-order valence-corrected chi connectivity index (χ2v) is 9.18. The van der Waals surface area contributed by atoms with E-state index in [0.29, 0.717) is 44.0 Å². The number of thiophene rings is 1. The predicted octanol–water partition coefficient (Wildman–Crippen LogP) is 2.37. The summed E-state index contributed by atoms with van der Waals surface area (Å²) in [5, 5.41) is 7.89. The zero-order chi connectivity index (χ0) is 23.9. The molecule has 0 spiro atoms. The van der Waals surface area contributed by atoms with Gasteiger partial charge in [0.1, 0.15) is 19.0 Å². The summed E-state index contributed by atoms with van der Waals surface area (Å²) in [6.07, 6.45) is 0.410. The molecule has 1 fully saturated rings. The van der Waals surface area contributed by atoms with Gasteiger partial charge >= 0.3 is 0 Å². The molecule has 2 aliphatic rings. The van der Waals surface area contributed by atoms with Crippen LogP contribution in [0.4, 0.5) is 4.39 Å². The van der Waals surface area contributed by atoms with Gasteiger partial charge in [-0.1, -0.05) is 24.3 Å². The number of hydrazone groups is 1. The molecule has 182 valence electrons. The number of hydrogen-bond acceptors (Lipinski definition) is 7. The van der Waals surface area contributed by atoms with Crippen molar-refractivity contribution in [3.8, 4) is 0 Å². The molecule has 8 nitrogen and oxygen atoms in total. The SMILES string of the molecule is COCC(=O)N(CCN1CCOCC1)CC(=O)N1N=C(c2ccccc2F)CC1c1cccs1. The summed E-state index contributed by atoms with van der Waals surface area (Å²) in [6.45, 7) is 3.73. The lowest BCUT2D eigenvalue weighted by molar-refractivity contribution is -0.143. The number of methoxy groups -OCH3 is 1. The molecule has 2 amide bonds. The fourth-order valence-electron chi connectivity index (χ4n) is 4.13. The van der Waals surface area contributed by atoms with E-state index < -0.39 is 0 Å². The number of ether oxygens (including phenoxy) is 2. The van der Waals surface area contributed by atoms with Crippen LogP contribution >= 0.6 is 11.3 Å². The molecule has 1 unspecified atom stereocenters. The van der Waals surface area contributed by atoms with E-state index in [4.69, 9.17) is 9.47 Å². The summed E-state index contributed by atoms with van der Waals surface area (Å²) in [5.41, 5.74) is 0.909. The molecule has 4 rings (SSSR count). The van der Waals surface area contributed by atoms with E-state index in [0.717, 1.165) is 18.0 Å². The molecule has 2 aromatic rings. The van der Waals surface area contributed by atoms with Crippen LogP contribution in [0.2, 0.25) is 0 Å². The Balaban J connectivity index is 1.52. The van der Waals surface area contributed by atoms with Crippen molar-refractivity contribution in [2.45, 2.75) is 12.5 Å². The monoisotopic (exact) mass is 488 g/mol. The van der Waals surface area contributed by atoms with Crippen LogP contribution in [0.3, 0.4) is 0 Å². The van der Waals surface area contributed by atoms with Crippen molar-refractivity contribution >= 4 is 28.9 Å². The van der Waals surface area contributed by atoms with Crippen molar-refractivity contribution in [3.05, 3.63) is 58.0 Å². The highest BCUT2D eigenvalue weighted by Crippen LogP contribution is 2.35. The van der Waals surface area contributed by atoms with Gasteiger partial charge in [0.05, 0.1) is 25.0 Å². The molecule has 0 bridgehead atoms. The minimum absolute atomic E-state index is 0.103. The minimum atomic E-state index is -0.372. The molecule has 0 aliphatic carbocycles. The van der Waals surface area contributed by atoms with Gasteiger partial charge in [0.25, 0.3) is 5.91 Å². The number of morpholine rings is 1. The highest BCUT2D eigenvalue weighted by molar-refractivity contribution is 7.10. The van der Waals surface area contributed by atoms with Crippen LogP contribution in [-0.2, 0) is 19.1 Å². The average Bonchev–Trinajstić information content (AvgIpc) is 3.53. The number of halogens is 1. The fourth-order valence-corrected chi connectivity index (χ4v) is 4.94. The maximum Gasteiger partial charge on any atom is 0.262 e. The van der Waals surface area contributed by atoms with E-state index in [9.17, 15) is 14.0 Å². The highest BCUT2D eigenvalue weighted by Gasteiger charge is 2.35. The van der Waals surface area contributed by atoms with Crippen molar-refractivity contribution < 1.29 is 23.5 Å². The van der Waals surface area contributed by atoms with E-state index >= 15 is 0 Å². The van der Waals surface area contributed by atoms with Crippen LogP contribution in [0, 0.1) is 5.82 Å². The van der Waals surface area contributed by atoms with Crippen molar-refractivity contribution in [3.63, 3.8) is 0 Å². The minimum Gasteiger partial charge on any atom is -0.379 e. The van der Waals surface area contributed by atoms with Crippen LogP contribution in [0.1, 0.15) is 22.9 Å². The maximum absolute atomic E-state index is 14.5. The zero-order valence-corrected chi connectivity index (χ0v) is 20.0. The number of rotatable bonds is 9. The molecule has 1 aromatic heterocycles. The summed E-state index contributed by atoms with van der Waals surface area (Å²) >= 11 is 1.53. The van der Waals surface area contributed by atoms with Gasteiger partial charge in [-0.25, -0.2) is 9.40 Å². The number of benzene rings is 1. The van der Waals surface area contributed by atoms with Gasteiger partial charge in [0.2, 0.25) is 5.91 Å². The molecule has 0 saturated carbocycles. The van der Waals surface area contributed by atoms with Gasteiger partial charge in [-0.2, -0.15) is 5.10 Å². The number of carbonyl (C=O) groups is 2. The lowest BCUT2D eigenvalue weighted by Gasteiger charge is -2.30.